The largest absolute Gasteiger partial charge is 0.505 e. The first-order valence-corrected chi connectivity index (χ1v) is 4.88. The van der Waals surface area contributed by atoms with Crippen molar-refractivity contribution in [2.24, 2.45) is 0 Å². The van der Waals surface area contributed by atoms with E-state index in [0.29, 0.717) is 0 Å². The summed E-state index contributed by atoms with van der Waals surface area (Å²) in [7, 11) is 0. The number of rotatable bonds is 3. The van der Waals surface area contributed by atoms with E-state index < -0.39 is 24.5 Å². The van der Waals surface area contributed by atoms with Crippen LogP contribution < -0.4 is 0 Å². The Morgan fingerprint density at radius 1 is 1.60 bits per heavy atom. The van der Waals surface area contributed by atoms with E-state index in [1.54, 1.807) is 22.6 Å². The third-order valence-electron chi connectivity index (χ3n) is 1.62. The van der Waals surface area contributed by atoms with Crippen molar-refractivity contribution in [3.8, 4) is 5.75 Å². The summed E-state index contributed by atoms with van der Waals surface area (Å²) < 4.78 is 24.9. The highest BCUT2D eigenvalue weighted by Gasteiger charge is 2.19. The fourth-order valence-corrected chi connectivity index (χ4v) is 1.44. The van der Waals surface area contributed by atoms with E-state index in [2.05, 4.69) is 4.98 Å². The van der Waals surface area contributed by atoms with Crippen molar-refractivity contribution in [1.82, 2.24) is 4.98 Å². The molecule has 0 fully saturated rings. The minimum absolute atomic E-state index is 0.0250. The average Bonchev–Trinajstić information content (AvgIpc) is 2.09. The molecule has 1 heterocycles. The van der Waals surface area contributed by atoms with Gasteiger partial charge < -0.3 is 10.2 Å². The number of nitrogens with zero attached hydrogens (tertiary/aromatic N) is 1. The van der Waals surface area contributed by atoms with Gasteiger partial charge in [-0.2, -0.15) is 0 Å². The van der Waals surface area contributed by atoms with Crippen LogP contribution in [-0.4, -0.2) is 21.2 Å². The fraction of sp³-hybridized carbons (Fsp3) is 0.250. The summed E-state index contributed by atoms with van der Waals surface area (Å²) in [6, 6.07) is 1.00. The molecule has 0 spiro atoms. The van der Waals surface area contributed by atoms with Crippen molar-refractivity contribution in [3.63, 3.8) is 0 Å². The second-order valence-electron chi connectivity index (χ2n) is 2.71. The number of pyridine rings is 1. The molecule has 0 amide bonds. The maximum Gasteiger partial charge on any atom is 0.307 e. The molecule has 0 aliphatic carbocycles. The highest BCUT2D eigenvalue weighted by Crippen LogP contribution is 2.27. The van der Waals surface area contributed by atoms with Gasteiger partial charge in [-0.15, -0.1) is 0 Å². The van der Waals surface area contributed by atoms with Gasteiger partial charge in [0.25, 0.3) is 6.43 Å². The predicted molar refractivity (Wildman–Crippen MR) is 54.9 cm³/mol. The zero-order valence-electron chi connectivity index (χ0n) is 7.25. The Bertz CT molecular complexity index is 398. The number of alkyl halides is 2. The van der Waals surface area contributed by atoms with Gasteiger partial charge in [0.05, 0.1) is 6.42 Å². The molecule has 0 saturated carbocycles. The lowest BCUT2D eigenvalue weighted by Crippen LogP contribution is -2.06. The fourth-order valence-electron chi connectivity index (χ4n) is 1.03. The molecule has 0 radical (unpaired) electrons. The van der Waals surface area contributed by atoms with Crippen molar-refractivity contribution in [3.05, 3.63) is 21.0 Å². The molecular weight excluding hydrogens is 323 g/mol. The van der Waals surface area contributed by atoms with Gasteiger partial charge in [0.1, 0.15) is 15.1 Å². The van der Waals surface area contributed by atoms with Crippen LogP contribution in [0.25, 0.3) is 0 Å². The summed E-state index contributed by atoms with van der Waals surface area (Å²) in [6.07, 6.45) is -3.44. The Balaban J connectivity index is 3.21. The van der Waals surface area contributed by atoms with Crippen LogP contribution in [0, 0.1) is 3.70 Å². The first-order chi connectivity index (χ1) is 6.91. The Morgan fingerprint density at radius 2 is 2.20 bits per heavy atom. The summed E-state index contributed by atoms with van der Waals surface area (Å²) in [4.78, 5) is 13.8. The van der Waals surface area contributed by atoms with Gasteiger partial charge in [-0.3, -0.25) is 4.79 Å². The number of aromatic hydroxyl groups is 1. The molecular formula is C8H6F2INO3. The van der Waals surface area contributed by atoms with Crippen LogP contribution in [0.5, 0.6) is 5.75 Å². The number of aromatic nitrogens is 1. The molecule has 0 unspecified atom stereocenters. The second kappa shape index (κ2) is 4.69. The lowest BCUT2D eigenvalue weighted by Gasteiger charge is -2.07. The summed E-state index contributed by atoms with van der Waals surface area (Å²) in [5, 5.41) is 17.7. The number of hydrogen-bond acceptors (Lipinski definition) is 3. The standard InChI is InChI=1S/C8H6F2INO3/c9-7(10)6-3(2-5(14)15)1-4(13)8(11)12-6/h1,7,13H,2H2,(H,14,15). The quantitative estimate of drug-likeness (QED) is 0.657. The first kappa shape index (κ1) is 12.1. The number of carbonyl (C=O) groups is 1. The van der Waals surface area contributed by atoms with Crippen LogP contribution in [0.15, 0.2) is 6.07 Å². The third kappa shape index (κ3) is 2.98. The molecule has 2 N–H and O–H groups in total. The lowest BCUT2D eigenvalue weighted by molar-refractivity contribution is -0.136. The van der Waals surface area contributed by atoms with Gasteiger partial charge in [-0.1, -0.05) is 0 Å². The molecule has 0 saturated heterocycles. The molecule has 15 heavy (non-hydrogen) atoms. The number of aliphatic carboxylic acids is 1. The normalized spacial score (nSPS) is 10.7. The van der Waals surface area contributed by atoms with Gasteiger partial charge in [-0.05, 0) is 34.2 Å². The summed E-state index contributed by atoms with van der Waals surface area (Å²) in [5.41, 5.74) is -0.769. The minimum atomic E-state index is -2.85. The Morgan fingerprint density at radius 3 is 2.67 bits per heavy atom. The maximum atomic E-state index is 12.4. The van der Waals surface area contributed by atoms with Crippen molar-refractivity contribution >= 4 is 28.6 Å². The van der Waals surface area contributed by atoms with Crippen LogP contribution in [-0.2, 0) is 11.2 Å². The van der Waals surface area contributed by atoms with Gasteiger partial charge in [0.2, 0.25) is 0 Å². The van der Waals surface area contributed by atoms with E-state index >= 15 is 0 Å². The molecule has 7 heteroatoms. The molecule has 0 aliphatic rings. The highest BCUT2D eigenvalue weighted by molar-refractivity contribution is 14.1. The van der Waals surface area contributed by atoms with Gasteiger partial charge >= 0.3 is 5.97 Å². The van der Waals surface area contributed by atoms with Gasteiger partial charge in [-0.25, -0.2) is 13.8 Å². The van der Waals surface area contributed by atoms with E-state index in [9.17, 15) is 18.7 Å². The predicted octanol–water partition coefficient (Wildman–Crippen LogP) is 1.96. The van der Waals surface area contributed by atoms with Crippen molar-refractivity contribution < 1.29 is 23.8 Å². The number of hydrogen-bond donors (Lipinski definition) is 2. The minimum Gasteiger partial charge on any atom is -0.505 e. The highest BCUT2D eigenvalue weighted by atomic mass is 127. The summed E-state index contributed by atoms with van der Waals surface area (Å²) in [6.45, 7) is 0. The van der Waals surface area contributed by atoms with Crippen LogP contribution >= 0.6 is 22.6 Å². The number of carboxylic acids is 1. The molecule has 0 aliphatic heterocycles. The zero-order valence-corrected chi connectivity index (χ0v) is 9.40. The Hall–Kier alpha value is -0.990. The van der Waals surface area contributed by atoms with E-state index in [1.807, 2.05) is 0 Å². The van der Waals surface area contributed by atoms with E-state index in [4.69, 9.17) is 5.11 Å². The molecule has 1 aromatic rings. The molecule has 0 aromatic carbocycles. The van der Waals surface area contributed by atoms with Crippen LogP contribution in [0.3, 0.4) is 0 Å². The molecule has 1 aromatic heterocycles. The van der Waals surface area contributed by atoms with Gasteiger partial charge in [0.15, 0.2) is 0 Å². The second-order valence-corrected chi connectivity index (χ2v) is 3.74. The van der Waals surface area contributed by atoms with Gasteiger partial charge in [0, 0.05) is 0 Å². The summed E-state index contributed by atoms with van der Waals surface area (Å²) in [5.74, 6) is -1.55. The topological polar surface area (TPSA) is 70.4 Å². The SMILES string of the molecule is O=C(O)Cc1cc(O)c(I)nc1C(F)F. The Labute approximate surface area is 97.1 Å². The number of carboxylic acid groups (broad SMARTS) is 1. The van der Waals surface area contributed by atoms with Crippen molar-refractivity contribution in [2.45, 2.75) is 12.8 Å². The molecule has 0 bridgehead atoms. The monoisotopic (exact) mass is 329 g/mol. The van der Waals surface area contributed by atoms with E-state index in [0.717, 1.165) is 6.07 Å². The zero-order chi connectivity index (χ0) is 11.6. The maximum absolute atomic E-state index is 12.4. The molecule has 0 atom stereocenters. The smallest absolute Gasteiger partial charge is 0.307 e. The molecule has 82 valence electrons. The van der Waals surface area contributed by atoms with Crippen LogP contribution in [0.1, 0.15) is 17.7 Å². The first-order valence-electron chi connectivity index (χ1n) is 3.80. The van der Waals surface area contributed by atoms with Crippen molar-refractivity contribution in [1.29, 1.82) is 0 Å². The molecule has 4 nitrogen and oxygen atoms in total. The van der Waals surface area contributed by atoms with E-state index in [1.165, 1.54) is 0 Å². The van der Waals surface area contributed by atoms with Crippen LogP contribution in [0.2, 0.25) is 0 Å². The van der Waals surface area contributed by atoms with Crippen LogP contribution in [0.4, 0.5) is 8.78 Å². The van der Waals surface area contributed by atoms with E-state index in [-0.39, 0.29) is 15.0 Å². The average molecular weight is 329 g/mol. The Kier molecular flexibility index (Phi) is 3.77. The van der Waals surface area contributed by atoms with Crippen molar-refractivity contribution in [2.75, 3.05) is 0 Å². The third-order valence-corrected chi connectivity index (χ3v) is 2.41. The summed E-state index contributed by atoms with van der Waals surface area (Å²) >= 11 is 1.59. The lowest BCUT2D eigenvalue weighted by atomic mass is 10.1. The molecule has 1 rings (SSSR count). The number of halogens is 3.